The lowest BCUT2D eigenvalue weighted by molar-refractivity contribution is -0.144. The number of carbonyl (C=O) groups is 1. The molecule has 0 spiro atoms. The van der Waals surface area contributed by atoms with E-state index in [1.165, 1.54) is 0 Å². The van der Waals surface area contributed by atoms with Crippen LogP contribution >= 0.6 is 24.8 Å². The lowest BCUT2D eigenvalue weighted by Gasteiger charge is -2.40. The van der Waals surface area contributed by atoms with E-state index in [2.05, 4.69) is 23.9 Å². The number of hydrogen-bond acceptors (Lipinski definition) is 5. The van der Waals surface area contributed by atoms with Crippen LogP contribution in [0.2, 0.25) is 0 Å². The predicted molar refractivity (Wildman–Crippen MR) is 99.7 cm³/mol. The molecule has 0 aliphatic carbocycles. The molecule has 140 valence electrons. The number of aryl methyl sites for hydroxylation is 1. The molecule has 2 rings (SSSR count). The largest absolute Gasteiger partial charge is 0.361 e. The first-order chi connectivity index (χ1) is 10.5. The van der Waals surface area contributed by atoms with Crippen LogP contribution in [0.4, 0.5) is 0 Å². The van der Waals surface area contributed by atoms with Crippen molar-refractivity contribution < 1.29 is 9.32 Å². The predicted octanol–water partition coefficient (Wildman–Crippen LogP) is 2.24. The smallest absolute Gasteiger partial charge is 0.230 e. The van der Waals surface area contributed by atoms with Crippen LogP contribution in [-0.2, 0) is 11.3 Å². The highest BCUT2D eigenvalue weighted by Crippen LogP contribution is 2.28. The summed E-state index contributed by atoms with van der Waals surface area (Å²) in [6.07, 6.45) is 1.61. The van der Waals surface area contributed by atoms with E-state index >= 15 is 0 Å². The Bertz CT molecular complexity index is 490. The van der Waals surface area contributed by atoms with Gasteiger partial charge in [0.25, 0.3) is 0 Å². The molecule has 1 amide bonds. The SMILES string of the molecule is CCC(CC)(CN)C(=O)N1CCN(Cc2cc(C)on2)CC1.Cl.Cl. The molecular weight excluding hydrogens is 351 g/mol. The van der Waals surface area contributed by atoms with Crippen molar-refractivity contribution in [3.05, 3.63) is 17.5 Å². The molecule has 1 aromatic heterocycles. The average molecular weight is 381 g/mol. The van der Waals surface area contributed by atoms with Crippen molar-refractivity contribution in [1.29, 1.82) is 0 Å². The Morgan fingerprint density at radius 2 is 1.83 bits per heavy atom. The zero-order chi connectivity index (χ0) is 16.2. The van der Waals surface area contributed by atoms with Gasteiger partial charge in [0.05, 0.1) is 11.1 Å². The highest BCUT2D eigenvalue weighted by molar-refractivity contribution is 5.85. The third-order valence-corrected chi connectivity index (χ3v) is 4.92. The van der Waals surface area contributed by atoms with Crippen LogP contribution in [0.1, 0.15) is 38.1 Å². The van der Waals surface area contributed by atoms with Gasteiger partial charge >= 0.3 is 0 Å². The molecule has 0 unspecified atom stereocenters. The zero-order valence-corrected chi connectivity index (χ0v) is 16.4. The first-order valence-electron chi connectivity index (χ1n) is 8.18. The average Bonchev–Trinajstić information content (AvgIpc) is 2.95. The topological polar surface area (TPSA) is 75.6 Å². The number of carbonyl (C=O) groups excluding carboxylic acids is 1. The molecule has 2 N–H and O–H groups in total. The van der Waals surface area contributed by atoms with Crippen molar-refractivity contribution in [1.82, 2.24) is 15.0 Å². The Kier molecular flexibility index (Phi) is 9.88. The van der Waals surface area contributed by atoms with Crippen molar-refractivity contribution in [3.63, 3.8) is 0 Å². The highest BCUT2D eigenvalue weighted by Gasteiger charge is 2.37. The van der Waals surface area contributed by atoms with Gasteiger partial charge in [-0.2, -0.15) is 0 Å². The fourth-order valence-electron chi connectivity index (χ4n) is 3.09. The Balaban J connectivity index is 0.00000264. The van der Waals surface area contributed by atoms with Gasteiger partial charge in [0, 0.05) is 45.3 Å². The van der Waals surface area contributed by atoms with Crippen LogP contribution in [0.3, 0.4) is 0 Å². The minimum absolute atomic E-state index is 0. The molecule has 6 nitrogen and oxygen atoms in total. The van der Waals surface area contributed by atoms with Gasteiger partial charge in [-0.3, -0.25) is 9.69 Å². The first kappa shape index (κ1) is 23.2. The Morgan fingerprint density at radius 1 is 1.25 bits per heavy atom. The van der Waals surface area contributed by atoms with E-state index in [9.17, 15) is 4.79 Å². The third-order valence-electron chi connectivity index (χ3n) is 4.92. The Hall–Kier alpha value is -0.820. The summed E-state index contributed by atoms with van der Waals surface area (Å²) in [7, 11) is 0. The van der Waals surface area contributed by atoms with Crippen molar-refractivity contribution in [2.24, 2.45) is 11.1 Å². The van der Waals surface area contributed by atoms with Gasteiger partial charge < -0.3 is 15.2 Å². The van der Waals surface area contributed by atoms with Gasteiger partial charge in [0.15, 0.2) is 0 Å². The van der Waals surface area contributed by atoms with E-state index in [0.29, 0.717) is 6.54 Å². The van der Waals surface area contributed by atoms with Crippen molar-refractivity contribution in [2.45, 2.75) is 40.2 Å². The number of nitrogens with zero attached hydrogens (tertiary/aromatic N) is 3. The fraction of sp³-hybridized carbons (Fsp3) is 0.750. The Morgan fingerprint density at radius 3 is 2.25 bits per heavy atom. The zero-order valence-electron chi connectivity index (χ0n) is 14.8. The minimum atomic E-state index is -0.384. The molecular formula is C16H30Cl2N4O2. The minimum Gasteiger partial charge on any atom is -0.361 e. The molecule has 8 heteroatoms. The van der Waals surface area contributed by atoms with Gasteiger partial charge in [-0.05, 0) is 19.8 Å². The van der Waals surface area contributed by atoms with E-state index in [1.54, 1.807) is 0 Å². The second-order valence-corrected chi connectivity index (χ2v) is 6.19. The molecule has 1 aliphatic rings. The highest BCUT2D eigenvalue weighted by atomic mass is 35.5. The lowest BCUT2D eigenvalue weighted by Crippen LogP contribution is -2.54. The molecule has 0 bridgehead atoms. The van der Waals surface area contributed by atoms with E-state index < -0.39 is 0 Å². The number of amides is 1. The van der Waals surface area contributed by atoms with Gasteiger partial charge in [0.2, 0.25) is 5.91 Å². The van der Waals surface area contributed by atoms with Crippen LogP contribution in [-0.4, -0.2) is 53.6 Å². The molecule has 0 atom stereocenters. The van der Waals surface area contributed by atoms with Crippen LogP contribution in [0, 0.1) is 12.3 Å². The monoisotopic (exact) mass is 380 g/mol. The standard InChI is InChI=1S/C16H28N4O2.2ClH/c1-4-16(5-2,12-17)15(21)20-8-6-19(7-9-20)11-14-10-13(3)22-18-14;;/h10H,4-9,11-12,17H2,1-3H3;2*1H. The number of aromatic nitrogens is 1. The first-order valence-corrected chi connectivity index (χ1v) is 8.18. The maximum Gasteiger partial charge on any atom is 0.230 e. The van der Waals surface area contributed by atoms with Crippen molar-refractivity contribution in [2.75, 3.05) is 32.7 Å². The molecule has 24 heavy (non-hydrogen) atoms. The molecule has 1 saturated heterocycles. The van der Waals surface area contributed by atoms with E-state index in [0.717, 1.165) is 57.0 Å². The van der Waals surface area contributed by atoms with Gasteiger partial charge in [-0.25, -0.2) is 0 Å². The quantitative estimate of drug-likeness (QED) is 0.818. The molecule has 0 aromatic carbocycles. The molecule has 1 fully saturated rings. The van der Waals surface area contributed by atoms with Crippen molar-refractivity contribution in [3.8, 4) is 0 Å². The molecule has 1 aromatic rings. The lowest BCUT2D eigenvalue weighted by atomic mass is 9.81. The number of rotatable bonds is 6. The number of piperazine rings is 1. The molecule has 2 heterocycles. The van der Waals surface area contributed by atoms with Crippen LogP contribution < -0.4 is 5.73 Å². The summed E-state index contributed by atoms with van der Waals surface area (Å²) in [4.78, 5) is 17.1. The maximum atomic E-state index is 12.8. The Labute approximate surface area is 156 Å². The summed E-state index contributed by atoms with van der Waals surface area (Å²) in [5.41, 5.74) is 6.46. The van der Waals surface area contributed by atoms with E-state index in [4.69, 9.17) is 10.3 Å². The second kappa shape index (κ2) is 10.2. The summed E-state index contributed by atoms with van der Waals surface area (Å²) in [6, 6.07) is 1.96. The number of halogens is 2. The van der Waals surface area contributed by atoms with Crippen molar-refractivity contribution >= 4 is 30.7 Å². The maximum absolute atomic E-state index is 12.8. The van der Waals surface area contributed by atoms with Gasteiger partial charge in [0.1, 0.15) is 5.76 Å². The molecule has 0 saturated carbocycles. The fourth-order valence-corrected chi connectivity index (χ4v) is 3.09. The second-order valence-electron chi connectivity index (χ2n) is 6.19. The summed E-state index contributed by atoms with van der Waals surface area (Å²) in [5, 5.41) is 4.03. The van der Waals surface area contributed by atoms with Crippen LogP contribution in [0.15, 0.2) is 10.6 Å². The van der Waals surface area contributed by atoms with E-state index in [-0.39, 0.29) is 36.1 Å². The van der Waals surface area contributed by atoms with Crippen LogP contribution in [0.5, 0.6) is 0 Å². The summed E-state index contributed by atoms with van der Waals surface area (Å²) >= 11 is 0. The van der Waals surface area contributed by atoms with Gasteiger partial charge in [-0.1, -0.05) is 19.0 Å². The summed E-state index contributed by atoms with van der Waals surface area (Å²) in [5.74, 6) is 1.05. The molecule has 1 aliphatic heterocycles. The normalized spacial score (nSPS) is 15.6. The summed E-state index contributed by atoms with van der Waals surface area (Å²) in [6.45, 7) is 10.5. The van der Waals surface area contributed by atoms with Gasteiger partial charge in [-0.15, -0.1) is 24.8 Å². The number of nitrogens with two attached hydrogens (primary N) is 1. The van der Waals surface area contributed by atoms with Crippen LogP contribution in [0.25, 0.3) is 0 Å². The van der Waals surface area contributed by atoms with E-state index in [1.807, 2.05) is 17.9 Å². The third kappa shape index (κ3) is 5.09. The number of hydrogen-bond donors (Lipinski definition) is 1. The summed E-state index contributed by atoms with van der Waals surface area (Å²) < 4.78 is 5.10. The molecule has 0 radical (unpaired) electrons.